The molecule has 2 aliphatic heterocycles. The van der Waals surface area contributed by atoms with Crippen LogP contribution in [0.15, 0.2) is 60.7 Å². The summed E-state index contributed by atoms with van der Waals surface area (Å²) in [5.74, 6) is -1.61. The van der Waals surface area contributed by atoms with Gasteiger partial charge >= 0.3 is 11.9 Å². The monoisotopic (exact) mass is 582 g/mol. The third-order valence-electron chi connectivity index (χ3n) is 7.72. The Hall–Kier alpha value is -2.70. The van der Waals surface area contributed by atoms with Gasteiger partial charge in [-0.3, -0.25) is 0 Å². The maximum Gasteiger partial charge on any atom is 0.335 e. The molecule has 0 amide bonds. The van der Waals surface area contributed by atoms with Gasteiger partial charge in [0.25, 0.3) is 0 Å². The maximum atomic E-state index is 10.5. The van der Waals surface area contributed by atoms with Crippen LogP contribution in [0, 0.1) is 0 Å². The number of hydrogen-bond acceptors (Lipinski definition) is 4. The molecule has 0 unspecified atom stereocenters. The number of rotatable bonds is 19. The van der Waals surface area contributed by atoms with Gasteiger partial charge in [0.2, 0.25) is 0 Å². The molecule has 0 aromatic heterocycles. The largest absolute Gasteiger partial charge is 0.479 e. The van der Waals surface area contributed by atoms with Crippen molar-refractivity contribution in [2.75, 3.05) is 0 Å². The Kier molecular flexibility index (Phi) is 18.5. The minimum atomic E-state index is -0.803. The van der Waals surface area contributed by atoms with Crippen LogP contribution in [0.4, 0.5) is 0 Å². The van der Waals surface area contributed by atoms with Gasteiger partial charge in [0.05, 0.1) is 12.2 Å². The molecule has 42 heavy (non-hydrogen) atoms. The van der Waals surface area contributed by atoms with Gasteiger partial charge < -0.3 is 19.7 Å². The highest BCUT2D eigenvalue weighted by Gasteiger charge is 2.44. The quantitative estimate of drug-likeness (QED) is 0.126. The molecule has 0 saturated carbocycles. The van der Waals surface area contributed by atoms with Crippen LogP contribution < -0.4 is 0 Å². The summed E-state index contributed by atoms with van der Waals surface area (Å²) >= 11 is 0. The number of aliphatic carboxylic acids is 2. The molecule has 6 heteroatoms. The van der Waals surface area contributed by atoms with E-state index in [1.165, 1.54) is 88.2 Å². The summed E-state index contributed by atoms with van der Waals surface area (Å²) in [6.07, 6.45) is 18.7. The molecule has 2 saturated heterocycles. The van der Waals surface area contributed by atoms with Gasteiger partial charge in [-0.05, 0) is 24.0 Å². The molecular weight excluding hydrogens is 528 g/mol. The topological polar surface area (TPSA) is 99.7 Å². The average Bonchev–Trinajstić information content (AvgIpc) is 3.94. The van der Waals surface area contributed by atoms with Crippen LogP contribution in [0.2, 0.25) is 0 Å². The lowest BCUT2D eigenvalue weighted by Gasteiger charge is -1.99. The second kappa shape index (κ2) is 21.9. The Morgan fingerprint density at radius 1 is 0.524 bits per heavy atom. The predicted octanol–water partition coefficient (Wildman–Crippen LogP) is 9.31. The van der Waals surface area contributed by atoms with Crippen LogP contribution in [0.1, 0.15) is 117 Å². The van der Waals surface area contributed by atoms with E-state index in [1.54, 1.807) is 0 Å². The van der Waals surface area contributed by atoms with Crippen molar-refractivity contribution in [2.45, 2.75) is 141 Å². The molecule has 0 spiro atoms. The van der Waals surface area contributed by atoms with Gasteiger partial charge in [0, 0.05) is 0 Å². The Bertz CT molecular complexity index is 884. The zero-order valence-corrected chi connectivity index (χ0v) is 25.9. The van der Waals surface area contributed by atoms with Crippen molar-refractivity contribution in [2.24, 2.45) is 0 Å². The first-order valence-corrected chi connectivity index (χ1v) is 16.3. The van der Waals surface area contributed by atoms with Crippen molar-refractivity contribution in [3.05, 3.63) is 60.7 Å². The fourth-order valence-electron chi connectivity index (χ4n) is 5.03. The number of unbranched alkanes of at least 4 members (excludes halogenated alkanes) is 12. The molecule has 0 aliphatic carbocycles. The second-order valence-electron chi connectivity index (χ2n) is 11.4. The first-order chi connectivity index (χ1) is 20.5. The standard InChI is InChI=1S/2C12H22O3.C12H10/c2*1-2-3-4-5-6-7-8-9-10-11(15-10)12(13)14;1-3-7-11(8-4-1)12-9-5-2-6-10-12/h2*10-11H,2-9H2,1H3,(H,13,14);1-10H/t2*10-,11+;/m00./s1. The maximum absolute atomic E-state index is 10.5. The van der Waals surface area contributed by atoms with Crippen molar-refractivity contribution in [3.8, 4) is 11.1 Å². The van der Waals surface area contributed by atoms with E-state index in [2.05, 4.69) is 62.4 Å². The predicted molar refractivity (Wildman–Crippen MR) is 170 cm³/mol. The summed E-state index contributed by atoms with van der Waals surface area (Å²) in [5, 5.41) is 17.2. The molecule has 2 N–H and O–H groups in total. The molecule has 2 aliphatic rings. The van der Waals surface area contributed by atoms with E-state index in [9.17, 15) is 9.59 Å². The molecule has 0 radical (unpaired) electrons. The first kappa shape index (κ1) is 35.5. The fraction of sp³-hybridized carbons (Fsp3) is 0.611. The van der Waals surface area contributed by atoms with Crippen molar-refractivity contribution < 1.29 is 29.3 Å². The van der Waals surface area contributed by atoms with E-state index in [0.717, 1.165) is 25.7 Å². The number of carbonyl (C=O) groups is 2. The zero-order chi connectivity index (χ0) is 30.4. The molecule has 2 aromatic rings. The van der Waals surface area contributed by atoms with Gasteiger partial charge in [0.1, 0.15) is 0 Å². The molecule has 0 bridgehead atoms. The van der Waals surface area contributed by atoms with E-state index in [-0.39, 0.29) is 12.2 Å². The zero-order valence-electron chi connectivity index (χ0n) is 25.9. The Balaban J connectivity index is 0.000000221. The molecule has 2 aromatic carbocycles. The Morgan fingerprint density at radius 3 is 1.12 bits per heavy atom. The summed E-state index contributed by atoms with van der Waals surface area (Å²) in [4.78, 5) is 20.9. The van der Waals surface area contributed by atoms with Crippen molar-refractivity contribution >= 4 is 11.9 Å². The number of hydrogen-bond donors (Lipinski definition) is 2. The molecular formula is C36H54O6. The van der Waals surface area contributed by atoms with Crippen LogP contribution in [0.5, 0.6) is 0 Å². The minimum Gasteiger partial charge on any atom is -0.479 e. The average molecular weight is 583 g/mol. The lowest BCUT2D eigenvalue weighted by Crippen LogP contribution is -2.07. The van der Waals surface area contributed by atoms with Gasteiger partial charge in [-0.15, -0.1) is 0 Å². The summed E-state index contributed by atoms with van der Waals surface area (Å²) in [5.41, 5.74) is 2.55. The van der Waals surface area contributed by atoms with Gasteiger partial charge in [-0.25, -0.2) is 9.59 Å². The number of ether oxygens (including phenoxy) is 2. The second-order valence-corrected chi connectivity index (χ2v) is 11.4. The van der Waals surface area contributed by atoms with Crippen LogP contribution in [-0.2, 0) is 19.1 Å². The number of carboxylic acid groups (broad SMARTS) is 2. The molecule has 2 fully saturated rings. The summed E-state index contributed by atoms with van der Waals surface area (Å²) in [6, 6.07) is 20.8. The first-order valence-electron chi connectivity index (χ1n) is 16.3. The Morgan fingerprint density at radius 2 is 0.833 bits per heavy atom. The normalized spacial score (nSPS) is 20.0. The van der Waals surface area contributed by atoms with E-state index >= 15 is 0 Å². The van der Waals surface area contributed by atoms with Gasteiger partial charge in [-0.1, -0.05) is 164 Å². The van der Waals surface area contributed by atoms with Crippen LogP contribution in [-0.4, -0.2) is 46.6 Å². The van der Waals surface area contributed by atoms with E-state index in [1.807, 2.05) is 12.1 Å². The summed E-state index contributed by atoms with van der Waals surface area (Å²) in [7, 11) is 0. The number of epoxide rings is 2. The smallest absolute Gasteiger partial charge is 0.335 e. The molecule has 6 nitrogen and oxygen atoms in total. The highest BCUT2D eigenvalue weighted by Crippen LogP contribution is 2.28. The highest BCUT2D eigenvalue weighted by molar-refractivity contribution is 5.76. The van der Waals surface area contributed by atoms with Gasteiger partial charge in [-0.2, -0.15) is 0 Å². The van der Waals surface area contributed by atoms with E-state index in [0.29, 0.717) is 0 Å². The van der Waals surface area contributed by atoms with E-state index in [4.69, 9.17) is 19.7 Å². The lowest BCUT2D eigenvalue weighted by molar-refractivity contribution is -0.139. The highest BCUT2D eigenvalue weighted by atomic mass is 16.6. The van der Waals surface area contributed by atoms with Crippen LogP contribution in [0.3, 0.4) is 0 Å². The van der Waals surface area contributed by atoms with E-state index < -0.39 is 24.1 Å². The number of carboxylic acids is 2. The molecule has 2 heterocycles. The van der Waals surface area contributed by atoms with Crippen molar-refractivity contribution in [1.82, 2.24) is 0 Å². The number of benzene rings is 2. The van der Waals surface area contributed by atoms with Crippen molar-refractivity contribution in [1.29, 1.82) is 0 Å². The minimum absolute atomic E-state index is 0.0122. The fourth-order valence-corrected chi connectivity index (χ4v) is 5.03. The molecule has 4 rings (SSSR count). The third-order valence-corrected chi connectivity index (χ3v) is 7.72. The Labute approximate surface area is 253 Å². The van der Waals surface area contributed by atoms with Gasteiger partial charge in [0.15, 0.2) is 12.2 Å². The molecule has 4 atom stereocenters. The third kappa shape index (κ3) is 16.1. The summed E-state index contributed by atoms with van der Waals surface area (Å²) < 4.78 is 10.0. The molecule has 234 valence electrons. The SMILES string of the molecule is CCCCCCCCC[C@@H]1O[C@H]1C(=O)O.CCCCCCCCC[C@@H]1O[C@H]1C(=O)O.c1ccc(-c2ccccc2)cc1. The van der Waals surface area contributed by atoms with Crippen molar-refractivity contribution in [3.63, 3.8) is 0 Å². The van der Waals surface area contributed by atoms with Crippen LogP contribution >= 0.6 is 0 Å². The van der Waals surface area contributed by atoms with Crippen LogP contribution in [0.25, 0.3) is 11.1 Å². The summed E-state index contributed by atoms with van der Waals surface area (Å²) in [6.45, 7) is 4.44. The lowest BCUT2D eigenvalue weighted by atomic mass is 10.1.